The van der Waals surface area contributed by atoms with Gasteiger partial charge in [-0.15, -0.1) is 0 Å². The summed E-state index contributed by atoms with van der Waals surface area (Å²) in [5.41, 5.74) is 3.18. The molecule has 0 aliphatic carbocycles. The summed E-state index contributed by atoms with van der Waals surface area (Å²) < 4.78 is 1.74. The predicted octanol–water partition coefficient (Wildman–Crippen LogP) is 0.986. The average molecular weight is 195 g/mol. The van der Waals surface area contributed by atoms with Crippen molar-refractivity contribution < 1.29 is 0 Å². The van der Waals surface area contributed by atoms with Crippen molar-refractivity contribution in [2.24, 2.45) is 0 Å². The molecule has 0 amide bonds. The van der Waals surface area contributed by atoms with Crippen molar-refractivity contribution in [1.29, 1.82) is 0 Å². The fourth-order valence-corrected chi connectivity index (χ4v) is 1.78. The largest absolute Gasteiger partial charge is 0.307 e. The predicted molar refractivity (Wildman–Crippen MR) is 48.5 cm³/mol. The highest BCUT2D eigenvalue weighted by molar-refractivity contribution is 6.30. The van der Waals surface area contributed by atoms with Crippen molar-refractivity contribution in [2.75, 3.05) is 0 Å². The van der Waals surface area contributed by atoms with E-state index in [1.54, 1.807) is 16.9 Å². The Bertz CT molecular complexity index is 476. The molecule has 0 aromatic carbocycles. The van der Waals surface area contributed by atoms with E-state index in [-0.39, 0.29) is 0 Å². The van der Waals surface area contributed by atoms with Crippen LogP contribution in [-0.2, 0) is 13.1 Å². The molecule has 0 atom stereocenters. The number of hydrogen-bond donors (Lipinski definition) is 1. The Hall–Kier alpha value is -1.13. The number of hydrogen-bond acceptors (Lipinski definition) is 3. The molecule has 2 aromatic heterocycles. The van der Waals surface area contributed by atoms with Crippen molar-refractivity contribution >= 4 is 17.2 Å². The van der Waals surface area contributed by atoms with Crippen LogP contribution in [0.5, 0.6) is 0 Å². The van der Waals surface area contributed by atoms with E-state index in [1.165, 1.54) is 5.56 Å². The lowest BCUT2D eigenvalue weighted by atomic mass is 10.3. The van der Waals surface area contributed by atoms with E-state index >= 15 is 0 Å². The Morgan fingerprint density at radius 1 is 1.46 bits per heavy atom. The standard InChI is InChI=1S/C8H7ClN4/c9-5-1-11-8-6-2-10-3-7(6)12-13(8)4-5/h1,4,10H,2-3H2. The summed E-state index contributed by atoms with van der Waals surface area (Å²) >= 11 is 5.80. The highest BCUT2D eigenvalue weighted by Crippen LogP contribution is 2.19. The van der Waals surface area contributed by atoms with Gasteiger partial charge in [0.15, 0.2) is 5.65 Å². The van der Waals surface area contributed by atoms with Crippen LogP contribution in [0.2, 0.25) is 5.02 Å². The molecule has 0 saturated heterocycles. The Balaban J connectivity index is 2.38. The minimum Gasteiger partial charge on any atom is -0.307 e. The fourth-order valence-electron chi connectivity index (χ4n) is 1.63. The quantitative estimate of drug-likeness (QED) is 0.680. The Labute approximate surface area is 79.5 Å². The summed E-state index contributed by atoms with van der Waals surface area (Å²) in [7, 11) is 0. The first-order chi connectivity index (χ1) is 6.34. The SMILES string of the molecule is Clc1cnc2c3c(nn2c1)CNC3. The summed E-state index contributed by atoms with van der Waals surface area (Å²) in [6, 6.07) is 0. The number of fused-ring (bicyclic) bond motifs is 3. The molecule has 0 radical (unpaired) electrons. The molecule has 3 rings (SSSR count). The van der Waals surface area contributed by atoms with Gasteiger partial charge in [-0.2, -0.15) is 5.10 Å². The van der Waals surface area contributed by atoms with E-state index in [1.807, 2.05) is 0 Å². The number of halogens is 1. The maximum atomic E-state index is 5.80. The second kappa shape index (κ2) is 2.43. The van der Waals surface area contributed by atoms with Crippen LogP contribution in [0, 0.1) is 0 Å². The van der Waals surface area contributed by atoms with Gasteiger partial charge >= 0.3 is 0 Å². The van der Waals surface area contributed by atoms with Gasteiger partial charge in [0.2, 0.25) is 0 Å². The van der Waals surface area contributed by atoms with Gasteiger partial charge < -0.3 is 5.32 Å². The molecule has 66 valence electrons. The van der Waals surface area contributed by atoms with Gasteiger partial charge in [0, 0.05) is 24.8 Å². The van der Waals surface area contributed by atoms with Crippen molar-refractivity contribution in [3.8, 4) is 0 Å². The van der Waals surface area contributed by atoms with Crippen LogP contribution in [0.25, 0.3) is 5.65 Å². The minimum atomic E-state index is 0.613. The first kappa shape index (κ1) is 7.29. The summed E-state index contributed by atoms with van der Waals surface area (Å²) in [5.74, 6) is 0. The molecule has 0 bridgehead atoms. The molecular weight excluding hydrogens is 188 g/mol. The van der Waals surface area contributed by atoms with Crippen LogP contribution in [0.4, 0.5) is 0 Å². The molecule has 5 heteroatoms. The van der Waals surface area contributed by atoms with E-state index in [0.717, 1.165) is 24.4 Å². The molecule has 1 aliphatic heterocycles. The van der Waals surface area contributed by atoms with Gasteiger partial charge in [0.05, 0.1) is 16.9 Å². The van der Waals surface area contributed by atoms with Crippen LogP contribution in [0.3, 0.4) is 0 Å². The van der Waals surface area contributed by atoms with Crippen LogP contribution in [0.15, 0.2) is 12.4 Å². The van der Waals surface area contributed by atoms with E-state index in [9.17, 15) is 0 Å². The number of rotatable bonds is 0. The maximum Gasteiger partial charge on any atom is 0.159 e. The lowest BCUT2D eigenvalue weighted by molar-refractivity contribution is 0.733. The third-order valence-electron chi connectivity index (χ3n) is 2.21. The molecule has 3 heterocycles. The molecule has 0 unspecified atom stereocenters. The van der Waals surface area contributed by atoms with Gasteiger partial charge in [-0.25, -0.2) is 9.50 Å². The van der Waals surface area contributed by atoms with Crippen molar-refractivity contribution in [1.82, 2.24) is 19.9 Å². The molecule has 13 heavy (non-hydrogen) atoms. The van der Waals surface area contributed by atoms with Crippen LogP contribution >= 0.6 is 11.6 Å². The lowest BCUT2D eigenvalue weighted by Crippen LogP contribution is -2.04. The number of nitrogens with one attached hydrogen (secondary N) is 1. The minimum absolute atomic E-state index is 0.613. The monoisotopic (exact) mass is 194 g/mol. The van der Waals surface area contributed by atoms with Crippen LogP contribution in [0.1, 0.15) is 11.3 Å². The zero-order chi connectivity index (χ0) is 8.84. The second-order valence-electron chi connectivity index (χ2n) is 3.07. The highest BCUT2D eigenvalue weighted by atomic mass is 35.5. The van der Waals surface area contributed by atoms with Gasteiger partial charge in [-0.05, 0) is 0 Å². The molecular formula is C8H7ClN4. The zero-order valence-corrected chi connectivity index (χ0v) is 7.54. The third kappa shape index (κ3) is 0.959. The van der Waals surface area contributed by atoms with Crippen LogP contribution < -0.4 is 5.32 Å². The molecule has 0 fully saturated rings. The van der Waals surface area contributed by atoms with Crippen molar-refractivity contribution in [2.45, 2.75) is 13.1 Å². The topological polar surface area (TPSA) is 42.2 Å². The Morgan fingerprint density at radius 3 is 3.31 bits per heavy atom. The van der Waals surface area contributed by atoms with Crippen molar-refractivity contribution in [3.63, 3.8) is 0 Å². The van der Waals surface area contributed by atoms with E-state index in [0.29, 0.717) is 5.02 Å². The molecule has 1 N–H and O–H groups in total. The maximum absolute atomic E-state index is 5.80. The van der Waals surface area contributed by atoms with Gasteiger partial charge in [0.25, 0.3) is 0 Å². The Kier molecular flexibility index (Phi) is 1.36. The van der Waals surface area contributed by atoms with Crippen LogP contribution in [-0.4, -0.2) is 14.6 Å². The molecule has 0 spiro atoms. The summed E-state index contributed by atoms with van der Waals surface area (Å²) in [5, 5.41) is 8.20. The molecule has 0 saturated carbocycles. The molecule has 4 nitrogen and oxygen atoms in total. The van der Waals surface area contributed by atoms with Gasteiger partial charge in [-0.3, -0.25) is 0 Å². The smallest absolute Gasteiger partial charge is 0.159 e. The van der Waals surface area contributed by atoms with E-state index in [4.69, 9.17) is 11.6 Å². The highest BCUT2D eigenvalue weighted by Gasteiger charge is 2.18. The first-order valence-electron chi connectivity index (χ1n) is 4.07. The normalized spacial score (nSPS) is 15.2. The fraction of sp³-hybridized carbons (Fsp3) is 0.250. The summed E-state index contributed by atoms with van der Waals surface area (Å²) in [6.45, 7) is 1.68. The van der Waals surface area contributed by atoms with Crippen molar-refractivity contribution in [3.05, 3.63) is 28.7 Å². The lowest BCUT2D eigenvalue weighted by Gasteiger charge is -1.95. The van der Waals surface area contributed by atoms with Gasteiger partial charge in [0.1, 0.15) is 0 Å². The van der Waals surface area contributed by atoms with E-state index < -0.39 is 0 Å². The zero-order valence-electron chi connectivity index (χ0n) is 6.79. The molecule has 2 aromatic rings. The second-order valence-corrected chi connectivity index (χ2v) is 3.51. The Morgan fingerprint density at radius 2 is 2.38 bits per heavy atom. The summed E-state index contributed by atoms with van der Waals surface area (Å²) in [6.07, 6.45) is 3.43. The molecule has 1 aliphatic rings. The summed E-state index contributed by atoms with van der Waals surface area (Å²) in [4.78, 5) is 4.24. The number of aromatic nitrogens is 3. The average Bonchev–Trinajstić information content (AvgIpc) is 2.62. The van der Waals surface area contributed by atoms with E-state index in [2.05, 4.69) is 15.4 Å². The first-order valence-corrected chi connectivity index (χ1v) is 4.45. The van der Waals surface area contributed by atoms with Gasteiger partial charge in [-0.1, -0.05) is 11.6 Å². The third-order valence-corrected chi connectivity index (χ3v) is 2.41. The number of nitrogens with zero attached hydrogens (tertiary/aromatic N) is 3.